The molecule has 1 aliphatic rings. The van der Waals surface area contributed by atoms with Gasteiger partial charge in [-0.05, 0) is 42.0 Å². The minimum atomic E-state index is -0.170. The maximum absolute atomic E-state index is 12.6. The molecule has 3 rings (SSSR count). The average molecular weight is 357 g/mol. The number of rotatable bonds is 3. The van der Waals surface area contributed by atoms with Gasteiger partial charge in [-0.3, -0.25) is 14.9 Å². The van der Waals surface area contributed by atoms with Gasteiger partial charge in [0.1, 0.15) is 0 Å². The van der Waals surface area contributed by atoms with Crippen LogP contribution in [0.1, 0.15) is 49.5 Å². The van der Waals surface area contributed by atoms with Crippen molar-refractivity contribution >= 4 is 34.0 Å². The molecule has 0 unspecified atom stereocenters. The lowest BCUT2D eigenvalue weighted by atomic mass is 9.90. The summed E-state index contributed by atoms with van der Waals surface area (Å²) < 4.78 is 0. The number of aryl methyl sites for hydroxylation is 1. The van der Waals surface area contributed by atoms with E-state index in [0.29, 0.717) is 17.1 Å². The molecular weight excluding hydrogens is 334 g/mol. The first kappa shape index (κ1) is 17.6. The smallest absolute Gasteiger partial charge is 0.257 e. The third kappa shape index (κ3) is 4.25. The molecule has 5 nitrogen and oxygen atoms in total. The summed E-state index contributed by atoms with van der Waals surface area (Å²) in [5.74, 6) is -0.0238. The lowest BCUT2D eigenvalue weighted by molar-refractivity contribution is -0.120. The summed E-state index contributed by atoms with van der Waals surface area (Å²) in [6, 6.07) is 5.57. The van der Waals surface area contributed by atoms with Gasteiger partial charge in [0, 0.05) is 35.8 Å². The highest BCUT2D eigenvalue weighted by atomic mass is 32.1. The Bertz CT molecular complexity index is 778. The Morgan fingerprint density at radius 3 is 2.80 bits per heavy atom. The van der Waals surface area contributed by atoms with E-state index in [2.05, 4.69) is 31.1 Å². The summed E-state index contributed by atoms with van der Waals surface area (Å²) in [6.45, 7) is 6.96. The van der Waals surface area contributed by atoms with Crippen molar-refractivity contribution in [2.75, 3.05) is 16.8 Å². The lowest BCUT2D eigenvalue weighted by Gasteiger charge is -2.32. The Morgan fingerprint density at radius 1 is 1.32 bits per heavy atom. The first-order chi connectivity index (χ1) is 11.8. The lowest BCUT2D eigenvalue weighted by Crippen LogP contribution is -2.37. The van der Waals surface area contributed by atoms with E-state index in [1.54, 1.807) is 12.3 Å². The summed E-state index contributed by atoms with van der Waals surface area (Å²) in [6.07, 6.45) is 3.97. The number of amides is 2. The van der Waals surface area contributed by atoms with Crippen molar-refractivity contribution in [3.05, 3.63) is 40.9 Å². The standard InChI is InChI=1S/C19H23N3O2S/c1-19(2,3)12-16(23)22-9-4-5-13-11-14(6-7-15(13)22)17(24)21-18-20-8-10-25-18/h6-8,10-11H,4-5,9,12H2,1-3H3,(H,20,21,24). The molecule has 2 amide bonds. The SMILES string of the molecule is CC(C)(C)CC(=O)N1CCCc2cc(C(=O)Nc3nccs3)ccc21. The Morgan fingerprint density at radius 2 is 2.12 bits per heavy atom. The number of hydrogen-bond acceptors (Lipinski definition) is 4. The van der Waals surface area contributed by atoms with Crippen LogP contribution >= 0.6 is 11.3 Å². The predicted octanol–water partition coefficient (Wildman–Crippen LogP) is 4.11. The first-order valence-electron chi connectivity index (χ1n) is 8.48. The van der Waals surface area contributed by atoms with Gasteiger partial charge in [-0.25, -0.2) is 4.98 Å². The number of benzene rings is 1. The molecule has 2 aromatic rings. The summed E-state index contributed by atoms with van der Waals surface area (Å²) in [5.41, 5.74) is 2.55. The van der Waals surface area contributed by atoms with Gasteiger partial charge in [0.05, 0.1) is 0 Å². The van der Waals surface area contributed by atoms with Crippen LogP contribution in [-0.4, -0.2) is 23.3 Å². The second-order valence-electron chi connectivity index (χ2n) is 7.52. The number of hydrogen-bond donors (Lipinski definition) is 1. The minimum absolute atomic E-state index is 0.0395. The highest BCUT2D eigenvalue weighted by Gasteiger charge is 2.26. The molecule has 1 aromatic carbocycles. The van der Waals surface area contributed by atoms with E-state index in [1.165, 1.54) is 11.3 Å². The van der Waals surface area contributed by atoms with Crippen molar-refractivity contribution in [1.82, 2.24) is 4.98 Å². The summed E-state index contributed by atoms with van der Waals surface area (Å²) >= 11 is 1.39. The number of fused-ring (bicyclic) bond motifs is 1. The monoisotopic (exact) mass is 357 g/mol. The number of carbonyl (C=O) groups is 2. The van der Waals surface area contributed by atoms with Crippen LogP contribution < -0.4 is 10.2 Å². The molecule has 6 heteroatoms. The van der Waals surface area contributed by atoms with Gasteiger partial charge in [0.25, 0.3) is 5.91 Å². The fourth-order valence-corrected chi connectivity index (χ4v) is 3.52. The van der Waals surface area contributed by atoms with Gasteiger partial charge in [0.2, 0.25) is 5.91 Å². The summed E-state index contributed by atoms with van der Waals surface area (Å²) in [7, 11) is 0. The number of thiazole rings is 1. The van der Waals surface area contributed by atoms with Crippen LogP contribution in [0.2, 0.25) is 0 Å². The van der Waals surface area contributed by atoms with Gasteiger partial charge in [-0.1, -0.05) is 20.8 Å². The van der Waals surface area contributed by atoms with Crippen LogP contribution in [0.25, 0.3) is 0 Å². The van der Waals surface area contributed by atoms with E-state index >= 15 is 0 Å². The molecule has 0 saturated carbocycles. The number of nitrogens with zero attached hydrogens (tertiary/aromatic N) is 2. The number of nitrogens with one attached hydrogen (secondary N) is 1. The van der Waals surface area contributed by atoms with Gasteiger partial charge >= 0.3 is 0 Å². The van der Waals surface area contributed by atoms with Crippen molar-refractivity contribution in [3.8, 4) is 0 Å². The fourth-order valence-electron chi connectivity index (χ4n) is 3.00. The molecule has 0 bridgehead atoms. The number of carbonyl (C=O) groups excluding carboxylic acids is 2. The molecule has 1 aliphatic heterocycles. The van der Waals surface area contributed by atoms with Crippen molar-refractivity contribution in [2.45, 2.75) is 40.0 Å². The second-order valence-corrected chi connectivity index (χ2v) is 8.42. The highest BCUT2D eigenvalue weighted by Crippen LogP contribution is 2.31. The van der Waals surface area contributed by atoms with Crippen LogP contribution in [-0.2, 0) is 11.2 Å². The van der Waals surface area contributed by atoms with E-state index in [9.17, 15) is 9.59 Å². The molecule has 0 fully saturated rings. The number of anilines is 2. The minimum Gasteiger partial charge on any atom is -0.312 e. The third-order valence-electron chi connectivity index (χ3n) is 4.10. The molecular formula is C19H23N3O2S. The van der Waals surface area contributed by atoms with E-state index in [0.717, 1.165) is 30.6 Å². The molecule has 0 aliphatic carbocycles. The molecule has 1 N–H and O–H groups in total. The Balaban J connectivity index is 1.80. The van der Waals surface area contributed by atoms with Gasteiger partial charge in [-0.15, -0.1) is 11.3 Å². The van der Waals surface area contributed by atoms with Crippen molar-refractivity contribution < 1.29 is 9.59 Å². The van der Waals surface area contributed by atoms with E-state index in [4.69, 9.17) is 0 Å². The van der Waals surface area contributed by atoms with Gasteiger partial charge < -0.3 is 4.90 Å². The van der Waals surface area contributed by atoms with Crippen molar-refractivity contribution in [3.63, 3.8) is 0 Å². The molecule has 0 atom stereocenters. The topological polar surface area (TPSA) is 62.3 Å². The van der Waals surface area contributed by atoms with Crippen molar-refractivity contribution in [1.29, 1.82) is 0 Å². The predicted molar refractivity (Wildman–Crippen MR) is 101 cm³/mol. The number of aromatic nitrogens is 1. The molecule has 1 aromatic heterocycles. The zero-order chi connectivity index (χ0) is 18.0. The Kier molecular flexibility index (Phi) is 4.90. The molecule has 0 radical (unpaired) electrons. The van der Waals surface area contributed by atoms with E-state index < -0.39 is 0 Å². The van der Waals surface area contributed by atoms with E-state index in [-0.39, 0.29) is 17.2 Å². The normalized spacial score (nSPS) is 14.1. The summed E-state index contributed by atoms with van der Waals surface area (Å²) in [5, 5.41) is 5.21. The van der Waals surface area contributed by atoms with Crippen LogP contribution in [0, 0.1) is 5.41 Å². The Hall–Kier alpha value is -2.21. The molecule has 132 valence electrons. The maximum atomic E-state index is 12.6. The fraction of sp³-hybridized carbons (Fsp3) is 0.421. The quantitative estimate of drug-likeness (QED) is 0.899. The first-order valence-corrected chi connectivity index (χ1v) is 9.36. The van der Waals surface area contributed by atoms with E-state index in [1.807, 2.05) is 22.4 Å². The molecule has 0 saturated heterocycles. The van der Waals surface area contributed by atoms with Crippen LogP contribution in [0.15, 0.2) is 29.8 Å². The average Bonchev–Trinajstić information content (AvgIpc) is 3.05. The summed E-state index contributed by atoms with van der Waals surface area (Å²) in [4.78, 5) is 31.0. The third-order valence-corrected chi connectivity index (χ3v) is 4.78. The molecule has 0 spiro atoms. The van der Waals surface area contributed by atoms with Crippen molar-refractivity contribution in [2.24, 2.45) is 5.41 Å². The van der Waals surface area contributed by atoms with Crippen LogP contribution in [0.3, 0.4) is 0 Å². The molecule has 2 heterocycles. The van der Waals surface area contributed by atoms with Gasteiger partial charge in [0.15, 0.2) is 5.13 Å². The largest absolute Gasteiger partial charge is 0.312 e. The van der Waals surface area contributed by atoms with Crippen LogP contribution in [0.4, 0.5) is 10.8 Å². The molecule has 25 heavy (non-hydrogen) atoms. The highest BCUT2D eigenvalue weighted by molar-refractivity contribution is 7.13. The Labute approximate surface area is 152 Å². The van der Waals surface area contributed by atoms with Gasteiger partial charge in [-0.2, -0.15) is 0 Å². The van der Waals surface area contributed by atoms with Crippen LogP contribution in [0.5, 0.6) is 0 Å². The zero-order valence-corrected chi connectivity index (χ0v) is 15.7. The second kappa shape index (κ2) is 6.96. The zero-order valence-electron chi connectivity index (χ0n) is 14.8. The maximum Gasteiger partial charge on any atom is 0.257 e.